The third-order valence-electron chi connectivity index (χ3n) is 2.59. The van der Waals surface area contributed by atoms with Gasteiger partial charge in [-0.15, -0.1) is 0 Å². The fourth-order valence-corrected chi connectivity index (χ4v) is 1.92. The summed E-state index contributed by atoms with van der Waals surface area (Å²) < 4.78 is 0. The highest BCUT2D eigenvalue weighted by molar-refractivity contribution is 5.83. The second-order valence-corrected chi connectivity index (χ2v) is 4.84. The summed E-state index contributed by atoms with van der Waals surface area (Å²) >= 11 is 0. The number of hydrogen-bond acceptors (Lipinski definition) is 1. The summed E-state index contributed by atoms with van der Waals surface area (Å²) in [6.45, 7) is 5.76. The lowest BCUT2D eigenvalue weighted by Gasteiger charge is -2.16. The first-order valence-electron chi connectivity index (χ1n) is 5.25. The molecule has 0 aliphatic rings. The fourth-order valence-electron chi connectivity index (χ4n) is 1.92. The molecule has 2 heteroatoms. The first-order chi connectivity index (χ1) is 6.96. The predicted octanol–water partition coefficient (Wildman–Crippen LogP) is 2.79. The molecule has 0 spiro atoms. The molecule has 1 heterocycles. The Morgan fingerprint density at radius 1 is 1.33 bits per heavy atom. The molecule has 0 aliphatic carbocycles. The van der Waals surface area contributed by atoms with Gasteiger partial charge < -0.3 is 10.1 Å². The van der Waals surface area contributed by atoms with Crippen LogP contribution >= 0.6 is 0 Å². The van der Waals surface area contributed by atoms with E-state index in [1.165, 1.54) is 16.5 Å². The van der Waals surface area contributed by atoms with Gasteiger partial charge in [0.1, 0.15) is 0 Å². The first kappa shape index (κ1) is 10.2. The van der Waals surface area contributed by atoms with Crippen molar-refractivity contribution in [2.75, 3.05) is 0 Å². The Morgan fingerprint density at radius 2 is 2.07 bits per heavy atom. The Morgan fingerprint density at radius 3 is 2.73 bits per heavy atom. The van der Waals surface area contributed by atoms with Gasteiger partial charge in [0.2, 0.25) is 0 Å². The van der Waals surface area contributed by atoms with E-state index < -0.39 is 5.60 Å². The quantitative estimate of drug-likeness (QED) is 0.773. The fraction of sp³-hybridized carbons (Fsp3) is 0.385. The normalized spacial score (nSPS) is 12.3. The Labute approximate surface area is 89.9 Å². The number of aliphatic hydroxyl groups is 1. The zero-order valence-electron chi connectivity index (χ0n) is 9.46. The maximum atomic E-state index is 9.76. The molecular weight excluding hydrogens is 186 g/mol. The molecule has 0 unspecified atom stereocenters. The van der Waals surface area contributed by atoms with Gasteiger partial charge in [-0.05, 0) is 44.0 Å². The SMILES string of the molecule is Cc1c[nH]c2ccc(CC(C)(C)O)cc12. The first-order valence-corrected chi connectivity index (χ1v) is 5.25. The van der Waals surface area contributed by atoms with Crippen molar-refractivity contribution in [2.24, 2.45) is 0 Å². The van der Waals surface area contributed by atoms with Crippen LogP contribution in [0, 0.1) is 6.92 Å². The molecule has 0 atom stereocenters. The highest BCUT2D eigenvalue weighted by atomic mass is 16.3. The molecule has 2 N–H and O–H groups in total. The molecule has 2 rings (SSSR count). The summed E-state index contributed by atoms with van der Waals surface area (Å²) in [6.07, 6.45) is 2.70. The maximum Gasteiger partial charge on any atom is 0.0631 e. The van der Waals surface area contributed by atoms with Crippen molar-refractivity contribution in [3.05, 3.63) is 35.5 Å². The average molecular weight is 203 g/mol. The predicted molar refractivity (Wildman–Crippen MR) is 63.0 cm³/mol. The molecule has 0 saturated carbocycles. The van der Waals surface area contributed by atoms with Gasteiger partial charge in [-0.1, -0.05) is 6.07 Å². The van der Waals surface area contributed by atoms with Crippen LogP contribution in [0.5, 0.6) is 0 Å². The van der Waals surface area contributed by atoms with Crippen LogP contribution in [0.4, 0.5) is 0 Å². The summed E-state index contributed by atoms with van der Waals surface area (Å²) in [7, 11) is 0. The van der Waals surface area contributed by atoms with Crippen LogP contribution in [0.15, 0.2) is 24.4 Å². The molecule has 2 aromatic rings. The van der Waals surface area contributed by atoms with Crippen molar-refractivity contribution in [2.45, 2.75) is 32.8 Å². The second kappa shape index (κ2) is 3.38. The Hall–Kier alpha value is -1.28. The van der Waals surface area contributed by atoms with E-state index in [2.05, 4.69) is 30.1 Å². The Balaban J connectivity index is 2.42. The van der Waals surface area contributed by atoms with Crippen molar-refractivity contribution in [3.8, 4) is 0 Å². The van der Waals surface area contributed by atoms with E-state index in [0.29, 0.717) is 6.42 Å². The molecule has 0 amide bonds. The standard InChI is InChI=1S/C13H17NO/c1-9-8-14-12-5-4-10(6-11(9)12)7-13(2,3)15/h4-6,8,14-15H,7H2,1-3H3. The average Bonchev–Trinajstić information content (AvgIpc) is 2.45. The summed E-state index contributed by atoms with van der Waals surface area (Å²) in [4.78, 5) is 3.22. The van der Waals surface area contributed by atoms with Crippen LogP contribution in [0.2, 0.25) is 0 Å². The third-order valence-corrected chi connectivity index (χ3v) is 2.59. The van der Waals surface area contributed by atoms with Gasteiger partial charge in [-0.2, -0.15) is 0 Å². The molecule has 0 bridgehead atoms. The van der Waals surface area contributed by atoms with Crippen molar-refractivity contribution >= 4 is 10.9 Å². The highest BCUT2D eigenvalue weighted by Crippen LogP contribution is 2.21. The summed E-state index contributed by atoms with van der Waals surface area (Å²) in [5, 5.41) is 11.0. The summed E-state index contributed by atoms with van der Waals surface area (Å²) in [6, 6.07) is 6.29. The van der Waals surface area contributed by atoms with Crippen LogP contribution in [-0.2, 0) is 6.42 Å². The molecule has 0 radical (unpaired) electrons. The minimum Gasteiger partial charge on any atom is -0.390 e. The van der Waals surface area contributed by atoms with E-state index in [-0.39, 0.29) is 0 Å². The topological polar surface area (TPSA) is 36.0 Å². The van der Waals surface area contributed by atoms with Crippen molar-refractivity contribution < 1.29 is 5.11 Å². The number of benzene rings is 1. The smallest absolute Gasteiger partial charge is 0.0631 e. The number of rotatable bonds is 2. The minimum absolute atomic E-state index is 0.641. The molecule has 80 valence electrons. The van der Waals surface area contributed by atoms with E-state index in [1.54, 1.807) is 0 Å². The monoisotopic (exact) mass is 203 g/mol. The Kier molecular flexibility index (Phi) is 2.31. The molecule has 0 saturated heterocycles. The Bertz CT molecular complexity index is 477. The van der Waals surface area contributed by atoms with E-state index >= 15 is 0 Å². The molecule has 2 nitrogen and oxygen atoms in total. The third kappa shape index (κ3) is 2.21. The van der Waals surface area contributed by atoms with E-state index in [0.717, 1.165) is 5.52 Å². The zero-order valence-corrected chi connectivity index (χ0v) is 9.46. The number of H-pyrrole nitrogens is 1. The van der Waals surface area contributed by atoms with Gasteiger partial charge in [0.05, 0.1) is 5.60 Å². The number of aromatic amines is 1. The largest absolute Gasteiger partial charge is 0.390 e. The zero-order chi connectivity index (χ0) is 11.1. The number of aryl methyl sites for hydroxylation is 1. The molecular formula is C13H17NO. The van der Waals surface area contributed by atoms with Crippen molar-refractivity contribution in [1.29, 1.82) is 0 Å². The molecule has 15 heavy (non-hydrogen) atoms. The second-order valence-electron chi connectivity index (χ2n) is 4.84. The number of nitrogens with one attached hydrogen (secondary N) is 1. The minimum atomic E-state index is -0.641. The van der Waals surface area contributed by atoms with Gasteiger partial charge in [0, 0.05) is 23.5 Å². The van der Waals surface area contributed by atoms with Crippen LogP contribution in [0.1, 0.15) is 25.0 Å². The van der Waals surface area contributed by atoms with E-state index in [4.69, 9.17) is 0 Å². The van der Waals surface area contributed by atoms with E-state index in [1.807, 2.05) is 20.0 Å². The lowest BCUT2D eigenvalue weighted by Crippen LogP contribution is -2.21. The van der Waals surface area contributed by atoms with Gasteiger partial charge in [-0.3, -0.25) is 0 Å². The lowest BCUT2D eigenvalue weighted by molar-refractivity contribution is 0.0810. The van der Waals surface area contributed by atoms with Crippen LogP contribution in [0.25, 0.3) is 10.9 Å². The molecule has 1 aromatic carbocycles. The molecule has 1 aromatic heterocycles. The highest BCUT2D eigenvalue weighted by Gasteiger charge is 2.13. The number of hydrogen-bond donors (Lipinski definition) is 2. The van der Waals surface area contributed by atoms with Crippen molar-refractivity contribution in [3.63, 3.8) is 0 Å². The van der Waals surface area contributed by atoms with Gasteiger partial charge in [0.25, 0.3) is 0 Å². The summed E-state index contributed by atoms with van der Waals surface area (Å²) in [5.74, 6) is 0. The molecule has 0 fully saturated rings. The maximum absolute atomic E-state index is 9.76. The van der Waals surface area contributed by atoms with Crippen LogP contribution < -0.4 is 0 Å². The lowest BCUT2D eigenvalue weighted by atomic mass is 9.97. The van der Waals surface area contributed by atoms with Crippen LogP contribution in [0.3, 0.4) is 0 Å². The van der Waals surface area contributed by atoms with Gasteiger partial charge in [0.15, 0.2) is 0 Å². The number of fused-ring (bicyclic) bond motifs is 1. The van der Waals surface area contributed by atoms with Crippen molar-refractivity contribution in [1.82, 2.24) is 4.98 Å². The molecule has 0 aliphatic heterocycles. The van der Waals surface area contributed by atoms with Gasteiger partial charge >= 0.3 is 0 Å². The number of aromatic nitrogens is 1. The van der Waals surface area contributed by atoms with Crippen LogP contribution in [-0.4, -0.2) is 15.7 Å². The van der Waals surface area contributed by atoms with E-state index in [9.17, 15) is 5.11 Å². The summed E-state index contributed by atoms with van der Waals surface area (Å²) in [5.41, 5.74) is 2.95. The van der Waals surface area contributed by atoms with Gasteiger partial charge in [-0.25, -0.2) is 0 Å².